The molecule has 21 heavy (non-hydrogen) atoms. The second-order valence-corrected chi connectivity index (χ2v) is 6.84. The highest BCUT2D eigenvalue weighted by Gasteiger charge is 2.19. The summed E-state index contributed by atoms with van der Waals surface area (Å²) in [4.78, 5) is 15.9. The minimum Gasteiger partial charge on any atom is -0.297 e. The lowest BCUT2D eigenvalue weighted by Gasteiger charge is -2.24. The van der Waals surface area contributed by atoms with E-state index >= 15 is 0 Å². The summed E-state index contributed by atoms with van der Waals surface area (Å²) in [7, 11) is 0. The maximum absolute atomic E-state index is 11.4. The van der Waals surface area contributed by atoms with Crippen molar-refractivity contribution in [3.05, 3.63) is 46.8 Å². The number of hydrogen-bond acceptors (Lipinski definition) is 3. The molecule has 2 aromatic rings. The van der Waals surface area contributed by atoms with E-state index < -0.39 is 0 Å². The van der Waals surface area contributed by atoms with E-state index in [9.17, 15) is 4.79 Å². The average Bonchev–Trinajstić information content (AvgIpc) is 3.18. The van der Waals surface area contributed by atoms with Crippen LogP contribution in [0.3, 0.4) is 0 Å². The SMILES string of the molecule is CC(=O)c1ccc(-c2ccc([C@@H](C)N3CCCC3)cc2)s1. The van der Waals surface area contributed by atoms with Crippen LogP contribution in [0.25, 0.3) is 10.4 Å². The largest absolute Gasteiger partial charge is 0.297 e. The molecule has 0 bridgehead atoms. The zero-order valence-corrected chi connectivity index (χ0v) is 13.5. The summed E-state index contributed by atoms with van der Waals surface area (Å²) < 4.78 is 0. The molecule has 1 fully saturated rings. The Morgan fingerprint density at radius 1 is 1.10 bits per heavy atom. The van der Waals surface area contributed by atoms with Crippen LogP contribution in [0.15, 0.2) is 36.4 Å². The highest BCUT2D eigenvalue weighted by Crippen LogP contribution is 2.31. The molecule has 1 aromatic heterocycles. The lowest BCUT2D eigenvalue weighted by molar-refractivity contribution is 0.102. The molecule has 1 atom stereocenters. The van der Waals surface area contributed by atoms with E-state index in [0.717, 1.165) is 4.88 Å². The van der Waals surface area contributed by atoms with Crippen molar-refractivity contribution in [2.45, 2.75) is 32.7 Å². The Balaban J connectivity index is 1.78. The predicted octanol–water partition coefficient (Wildman–Crippen LogP) is 4.77. The van der Waals surface area contributed by atoms with Crippen molar-refractivity contribution < 1.29 is 4.79 Å². The average molecular weight is 299 g/mol. The van der Waals surface area contributed by atoms with Crippen LogP contribution >= 0.6 is 11.3 Å². The van der Waals surface area contributed by atoms with Gasteiger partial charge in [0.2, 0.25) is 0 Å². The van der Waals surface area contributed by atoms with E-state index in [1.54, 1.807) is 18.3 Å². The van der Waals surface area contributed by atoms with Crippen LogP contribution in [0.1, 0.15) is 48.0 Å². The third kappa shape index (κ3) is 3.09. The first-order chi connectivity index (χ1) is 10.1. The predicted molar refractivity (Wildman–Crippen MR) is 89.0 cm³/mol. The standard InChI is InChI=1S/C18H21NOS/c1-13(19-11-3-4-12-19)15-5-7-16(8-6-15)18-10-9-17(21-18)14(2)20/h5-10,13H,3-4,11-12H2,1-2H3/t13-/m1/s1. The topological polar surface area (TPSA) is 20.3 Å². The van der Waals surface area contributed by atoms with Gasteiger partial charge in [0, 0.05) is 10.9 Å². The summed E-state index contributed by atoms with van der Waals surface area (Å²) in [5.74, 6) is 0.144. The Morgan fingerprint density at radius 2 is 1.76 bits per heavy atom. The summed E-state index contributed by atoms with van der Waals surface area (Å²) in [5, 5.41) is 0. The maximum Gasteiger partial charge on any atom is 0.169 e. The third-order valence-corrected chi connectivity index (χ3v) is 5.55. The Labute approximate surface area is 130 Å². The van der Waals surface area contributed by atoms with Gasteiger partial charge < -0.3 is 0 Å². The van der Waals surface area contributed by atoms with Gasteiger partial charge in [-0.25, -0.2) is 0 Å². The van der Waals surface area contributed by atoms with Crippen molar-refractivity contribution in [2.75, 3.05) is 13.1 Å². The van der Waals surface area contributed by atoms with E-state index in [4.69, 9.17) is 0 Å². The van der Waals surface area contributed by atoms with Gasteiger partial charge in [-0.1, -0.05) is 24.3 Å². The van der Waals surface area contributed by atoms with E-state index in [1.807, 2.05) is 12.1 Å². The third-order valence-electron chi connectivity index (χ3n) is 4.32. The summed E-state index contributed by atoms with van der Waals surface area (Å²) in [5.41, 5.74) is 2.58. The second-order valence-electron chi connectivity index (χ2n) is 5.76. The number of likely N-dealkylation sites (tertiary alicyclic amines) is 1. The number of hydrogen-bond donors (Lipinski definition) is 0. The number of ketones is 1. The van der Waals surface area contributed by atoms with Gasteiger partial charge in [-0.05, 0) is 63.0 Å². The fraction of sp³-hybridized carbons (Fsp3) is 0.389. The molecule has 2 nitrogen and oxygen atoms in total. The maximum atomic E-state index is 11.4. The zero-order valence-electron chi connectivity index (χ0n) is 12.6. The van der Waals surface area contributed by atoms with Crippen molar-refractivity contribution in [3.63, 3.8) is 0 Å². The smallest absolute Gasteiger partial charge is 0.169 e. The number of nitrogens with zero attached hydrogens (tertiary/aromatic N) is 1. The molecule has 0 spiro atoms. The van der Waals surface area contributed by atoms with Gasteiger partial charge in [0.05, 0.1) is 4.88 Å². The van der Waals surface area contributed by atoms with Crippen molar-refractivity contribution in [3.8, 4) is 10.4 Å². The summed E-state index contributed by atoms with van der Waals surface area (Å²) in [6.45, 7) is 6.35. The molecule has 0 amide bonds. The fourth-order valence-corrected chi connectivity index (χ4v) is 3.85. The van der Waals surface area contributed by atoms with Gasteiger partial charge in [-0.2, -0.15) is 0 Å². The van der Waals surface area contributed by atoms with Crippen molar-refractivity contribution >= 4 is 17.1 Å². The minimum absolute atomic E-state index is 0.144. The monoisotopic (exact) mass is 299 g/mol. The van der Waals surface area contributed by atoms with Crippen LogP contribution in [-0.2, 0) is 0 Å². The first kappa shape index (κ1) is 14.5. The Morgan fingerprint density at radius 3 is 2.33 bits per heavy atom. The number of thiophene rings is 1. The van der Waals surface area contributed by atoms with Crippen LogP contribution in [0.2, 0.25) is 0 Å². The molecule has 0 unspecified atom stereocenters. The number of Topliss-reactive ketones (excluding diaryl/α,β-unsaturated/α-hetero) is 1. The lowest BCUT2D eigenvalue weighted by Crippen LogP contribution is -2.23. The van der Waals surface area contributed by atoms with Crippen molar-refractivity contribution in [2.24, 2.45) is 0 Å². The molecule has 1 aliphatic heterocycles. The van der Waals surface area contributed by atoms with E-state index in [1.165, 1.54) is 41.9 Å². The van der Waals surface area contributed by atoms with Gasteiger partial charge in [0.15, 0.2) is 5.78 Å². The first-order valence-electron chi connectivity index (χ1n) is 7.60. The van der Waals surface area contributed by atoms with Gasteiger partial charge in [0.25, 0.3) is 0 Å². The molecular formula is C18H21NOS. The first-order valence-corrected chi connectivity index (χ1v) is 8.42. The number of carbonyl (C=O) groups is 1. The Kier molecular flexibility index (Phi) is 4.22. The zero-order chi connectivity index (χ0) is 14.8. The van der Waals surface area contributed by atoms with Crippen LogP contribution in [0.5, 0.6) is 0 Å². The normalized spacial score (nSPS) is 17.0. The molecule has 0 radical (unpaired) electrons. The molecule has 1 aliphatic rings. The molecule has 110 valence electrons. The summed E-state index contributed by atoms with van der Waals surface area (Å²) in [6, 6.07) is 13.3. The summed E-state index contributed by atoms with van der Waals surface area (Å²) in [6.07, 6.45) is 2.65. The minimum atomic E-state index is 0.144. The molecule has 1 saturated heterocycles. The van der Waals surface area contributed by atoms with Gasteiger partial charge in [-0.3, -0.25) is 9.69 Å². The van der Waals surface area contributed by atoms with Crippen LogP contribution in [0.4, 0.5) is 0 Å². The van der Waals surface area contributed by atoms with Gasteiger partial charge in [0.1, 0.15) is 0 Å². The van der Waals surface area contributed by atoms with Crippen molar-refractivity contribution in [1.29, 1.82) is 0 Å². The lowest BCUT2D eigenvalue weighted by atomic mass is 10.0. The van der Waals surface area contributed by atoms with Crippen molar-refractivity contribution in [1.82, 2.24) is 4.90 Å². The highest BCUT2D eigenvalue weighted by molar-refractivity contribution is 7.17. The fourth-order valence-electron chi connectivity index (χ4n) is 2.95. The molecule has 0 N–H and O–H groups in total. The van der Waals surface area contributed by atoms with Crippen LogP contribution < -0.4 is 0 Å². The van der Waals surface area contributed by atoms with Crippen LogP contribution in [0, 0.1) is 0 Å². The number of benzene rings is 1. The molecule has 3 rings (SSSR count). The van der Waals surface area contributed by atoms with E-state index in [2.05, 4.69) is 36.1 Å². The molecule has 0 saturated carbocycles. The second kappa shape index (κ2) is 6.12. The number of rotatable bonds is 4. The highest BCUT2D eigenvalue weighted by atomic mass is 32.1. The molecule has 0 aliphatic carbocycles. The quantitative estimate of drug-likeness (QED) is 0.758. The molecule has 2 heterocycles. The van der Waals surface area contributed by atoms with Gasteiger partial charge in [-0.15, -0.1) is 11.3 Å². The Hall–Kier alpha value is -1.45. The van der Waals surface area contributed by atoms with E-state index in [-0.39, 0.29) is 5.78 Å². The van der Waals surface area contributed by atoms with E-state index in [0.29, 0.717) is 6.04 Å². The van der Waals surface area contributed by atoms with Crippen LogP contribution in [-0.4, -0.2) is 23.8 Å². The summed E-state index contributed by atoms with van der Waals surface area (Å²) >= 11 is 1.57. The Bertz CT molecular complexity index is 623. The van der Waals surface area contributed by atoms with Gasteiger partial charge >= 0.3 is 0 Å². The molecular weight excluding hydrogens is 278 g/mol. The number of carbonyl (C=O) groups excluding carboxylic acids is 1. The molecule has 1 aromatic carbocycles. The molecule has 3 heteroatoms.